The third kappa shape index (κ3) is 4.33. The molecule has 138 valence electrons. The van der Waals surface area contributed by atoms with Gasteiger partial charge in [0.05, 0.1) is 11.5 Å². The Morgan fingerprint density at radius 2 is 1.74 bits per heavy atom. The number of benzene rings is 2. The van der Waals surface area contributed by atoms with E-state index < -0.39 is 0 Å². The topological polar surface area (TPSA) is 53.8 Å². The van der Waals surface area contributed by atoms with Crippen molar-refractivity contribution in [2.45, 2.75) is 31.3 Å². The smallest absolute Gasteiger partial charge is 0.234 e. The largest absolute Gasteiger partial charge is 0.325 e. The zero-order chi connectivity index (χ0) is 18.7. The summed E-state index contributed by atoms with van der Waals surface area (Å²) in [5, 5.41) is 3.81. The van der Waals surface area contributed by atoms with Gasteiger partial charge in [0.15, 0.2) is 5.66 Å². The predicted octanol–water partition coefficient (Wildman–Crippen LogP) is 5.29. The van der Waals surface area contributed by atoms with Gasteiger partial charge in [-0.05, 0) is 49.9 Å². The molecule has 2 aromatic rings. The Labute approximate surface area is 171 Å². The first kappa shape index (κ1) is 18.4. The molecule has 0 unspecified atom stereocenters. The maximum atomic E-state index is 12.3. The lowest BCUT2D eigenvalue weighted by Gasteiger charge is -2.14. The molecular formula is C21H20BrN3OS. The summed E-state index contributed by atoms with van der Waals surface area (Å²) in [5.41, 5.74) is 2.48. The van der Waals surface area contributed by atoms with Gasteiger partial charge in [-0.1, -0.05) is 58.0 Å². The van der Waals surface area contributed by atoms with E-state index in [-0.39, 0.29) is 11.6 Å². The number of carbonyl (C=O) groups is 1. The van der Waals surface area contributed by atoms with E-state index in [0.717, 1.165) is 52.2 Å². The lowest BCUT2D eigenvalue weighted by Crippen LogP contribution is -2.17. The molecule has 1 N–H and O–H groups in total. The molecule has 2 aliphatic rings. The molecule has 0 aromatic heterocycles. The van der Waals surface area contributed by atoms with E-state index in [0.29, 0.717) is 5.75 Å². The van der Waals surface area contributed by atoms with Gasteiger partial charge in [-0.3, -0.25) is 9.79 Å². The van der Waals surface area contributed by atoms with Gasteiger partial charge in [-0.15, -0.1) is 0 Å². The van der Waals surface area contributed by atoms with E-state index in [2.05, 4.69) is 33.4 Å². The third-order valence-corrected chi connectivity index (χ3v) is 6.24. The second-order valence-electron chi connectivity index (χ2n) is 6.78. The highest BCUT2D eigenvalue weighted by atomic mass is 79.9. The maximum absolute atomic E-state index is 12.3. The van der Waals surface area contributed by atoms with Gasteiger partial charge < -0.3 is 5.32 Å². The summed E-state index contributed by atoms with van der Waals surface area (Å²) in [4.78, 5) is 22.3. The number of halogens is 1. The maximum Gasteiger partial charge on any atom is 0.234 e. The molecule has 1 spiro atoms. The molecule has 1 aliphatic heterocycles. The molecule has 4 nitrogen and oxygen atoms in total. The van der Waals surface area contributed by atoms with Crippen LogP contribution in [0.4, 0.5) is 5.69 Å². The summed E-state index contributed by atoms with van der Waals surface area (Å²) in [6.45, 7) is 0. The Balaban J connectivity index is 1.50. The lowest BCUT2D eigenvalue weighted by molar-refractivity contribution is -0.113. The molecule has 0 bridgehead atoms. The van der Waals surface area contributed by atoms with Crippen LogP contribution in [0.1, 0.15) is 31.2 Å². The van der Waals surface area contributed by atoms with Crippen LogP contribution in [0.2, 0.25) is 0 Å². The lowest BCUT2D eigenvalue weighted by atomic mass is 10.1. The molecule has 1 aliphatic carbocycles. The van der Waals surface area contributed by atoms with Crippen LogP contribution in [0.25, 0.3) is 0 Å². The van der Waals surface area contributed by atoms with Crippen molar-refractivity contribution in [1.29, 1.82) is 0 Å². The van der Waals surface area contributed by atoms with Crippen molar-refractivity contribution in [3.63, 3.8) is 0 Å². The number of anilines is 1. The molecule has 0 radical (unpaired) electrons. The molecule has 1 amide bonds. The van der Waals surface area contributed by atoms with Gasteiger partial charge in [0, 0.05) is 15.7 Å². The molecule has 27 heavy (non-hydrogen) atoms. The summed E-state index contributed by atoms with van der Waals surface area (Å²) in [6.07, 6.45) is 4.31. The van der Waals surface area contributed by atoms with Gasteiger partial charge in [0.25, 0.3) is 0 Å². The first-order valence-corrected chi connectivity index (χ1v) is 10.9. The van der Waals surface area contributed by atoms with Crippen LogP contribution >= 0.6 is 27.7 Å². The monoisotopic (exact) mass is 441 g/mol. The van der Waals surface area contributed by atoms with E-state index in [1.54, 1.807) is 0 Å². The van der Waals surface area contributed by atoms with Crippen molar-refractivity contribution in [2.75, 3.05) is 11.1 Å². The second-order valence-corrected chi connectivity index (χ2v) is 8.66. The Bertz CT molecular complexity index is 887. The predicted molar refractivity (Wildman–Crippen MR) is 117 cm³/mol. The summed E-state index contributed by atoms with van der Waals surface area (Å²) in [6, 6.07) is 17.7. The van der Waals surface area contributed by atoms with Crippen molar-refractivity contribution >= 4 is 50.0 Å². The van der Waals surface area contributed by atoms with E-state index >= 15 is 0 Å². The Morgan fingerprint density at radius 3 is 2.44 bits per heavy atom. The average Bonchev–Trinajstić information content (AvgIpc) is 3.28. The number of amides is 1. The summed E-state index contributed by atoms with van der Waals surface area (Å²) in [7, 11) is 0. The minimum Gasteiger partial charge on any atom is -0.325 e. The fraction of sp³-hybridized carbons (Fsp3) is 0.286. The van der Waals surface area contributed by atoms with Gasteiger partial charge in [0.2, 0.25) is 5.91 Å². The molecular weight excluding hydrogens is 422 g/mol. The number of hydrogen-bond donors (Lipinski definition) is 1. The summed E-state index contributed by atoms with van der Waals surface area (Å²) < 4.78 is 1.04. The Hall–Kier alpha value is -1.92. The van der Waals surface area contributed by atoms with Crippen LogP contribution < -0.4 is 5.32 Å². The highest BCUT2D eigenvalue weighted by molar-refractivity contribution is 9.10. The van der Waals surface area contributed by atoms with E-state index in [1.807, 2.05) is 42.5 Å². The zero-order valence-electron chi connectivity index (χ0n) is 14.8. The standard InChI is InChI=1S/C21H20BrN3OS/c22-16-10-8-15(9-11-16)19-20(25-21(24-19)12-4-5-13-21)27-14-18(26)23-17-6-2-1-3-7-17/h1-3,6-11H,4-5,12-14H2,(H,23,26). The van der Waals surface area contributed by atoms with Crippen molar-refractivity contribution in [2.24, 2.45) is 9.98 Å². The number of thioether (sulfide) groups is 1. The number of aliphatic imine (C=N–C) groups is 2. The van der Waals surface area contributed by atoms with Crippen molar-refractivity contribution in [3.8, 4) is 0 Å². The van der Waals surface area contributed by atoms with E-state index in [9.17, 15) is 4.79 Å². The number of hydrogen-bond acceptors (Lipinski definition) is 4. The number of nitrogens with one attached hydrogen (secondary N) is 1. The first-order valence-electron chi connectivity index (χ1n) is 9.07. The van der Waals surface area contributed by atoms with Gasteiger partial charge in [-0.2, -0.15) is 0 Å². The molecule has 1 fully saturated rings. The summed E-state index contributed by atoms with van der Waals surface area (Å²) in [5.74, 6) is 0.288. The highest BCUT2D eigenvalue weighted by Crippen LogP contribution is 2.40. The average molecular weight is 442 g/mol. The van der Waals surface area contributed by atoms with Crippen LogP contribution in [0, 0.1) is 0 Å². The molecule has 0 atom stereocenters. The Kier molecular flexibility index (Phi) is 5.45. The number of rotatable bonds is 4. The molecule has 6 heteroatoms. The number of nitrogens with zero attached hydrogens (tertiary/aromatic N) is 2. The van der Waals surface area contributed by atoms with Crippen molar-refractivity contribution < 1.29 is 4.79 Å². The summed E-state index contributed by atoms with van der Waals surface area (Å²) >= 11 is 4.96. The van der Waals surface area contributed by atoms with E-state index in [1.165, 1.54) is 11.8 Å². The first-order chi connectivity index (χ1) is 13.1. The zero-order valence-corrected chi connectivity index (χ0v) is 17.2. The van der Waals surface area contributed by atoms with Crippen molar-refractivity contribution in [3.05, 3.63) is 64.6 Å². The molecule has 4 rings (SSSR count). The second kappa shape index (κ2) is 7.98. The minimum absolute atomic E-state index is 0.0311. The van der Waals surface area contributed by atoms with Crippen molar-refractivity contribution in [1.82, 2.24) is 0 Å². The molecule has 1 heterocycles. The fourth-order valence-electron chi connectivity index (χ4n) is 3.44. The van der Waals surface area contributed by atoms with Crippen LogP contribution in [-0.2, 0) is 4.79 Å². The SMILES string of the molecule is O=C(CSC1=NC2(CCCC2)N=C1c1ccc(Br)cc1)Nc1ccccc1. The van der Waals surface area contributed by atoms with Gasteiger partial charge in [0.1, 0.15) is 5.04 Å². The Morgan fingerprint density at radius 1 is 1.04 bits per heavy atom. The highest BCUT2D eigenvalue weighted by Gasteiger charge is 2.39. The molecule has 2 aromatic carbocycles. The van der Waals surface area contributed by atoms with Crippen LogP contribution in [0.5, 0.6) is 0 Å². The number of para-hydroxylation sites is 1. The fourth-order valence-corrected chi connectivity index (χ4v) is 4.58. The van der Waals surface area contributed by atoms with Gasteiger partial charge in [-0.25, -0.2) is 4.99 Å². The molecule has 0 saturated heterocycles. The number of carbonyl (C=O) groups excluding carboxylic acids is 1. The van der Waals surface area contributed by atoms with Crippen LogP contribution in [-0.4, -0.2) is 28.1 Å². The van der Waals surface area contributed by atoms with Crippen LogP contribution in [0.3, 0.4) is 0 Å². The van der Waals surface area contributed by atoms with Crippen LogP contribution in [0.15, 0.2) is 69.1 Å². The third-order valence-electron chi connectivity index (χ3n) is 4.75. The van der Waals surface area contributed by atoms with E-state index in [4.69, 9.17) is 9.98 Å². The normalized spacial score (nSPS) is 17.7. The van der Waals surface area contributed by atoms with Gasteiger partial charge >= 0.3 is 0 Å². The minimum atomic E-state index is -0.305. The molecule has 1 saturated carbocycles. The quantitative estimate of drug-likeness (QED) is 0.700.